The summed E-state index contributed by atoms with van der Waals surface area (Å²) in [5, 5.41) is 11.8. The second-order valence-electron chi connectivity index (χ2n) is 3.96. The highest BCUT2D eigenvalue weighted by Crippen LogP contribution is 2.05. The third-order valence-corrected chi connectivity index (χ3v) is 2.73. The van der Waals surface area contributed by atoms with E-state index in [1.807, 2.05) is 13.8 Å². The van der Waals surface area contributed by atoms with Gasteiger partial charge in [0.2, 0.25) is 5.91 Å². The topological polar surface area (TPSA) is 82.5 Å². The second-order valence-corrected chi connectivity index (χ2v) is 3.96. The van der Waals surface area contributed by atoms with Crippen LogP contribution in [0.5, 0.6) is 0 Å². The molecule has 104 valence electrons. The molecule has 0 radical (unpaired) electrons. The monoisotopic (exact) mass is 265 g/mol. The predicted molar refractivity (Wildman–Crippen MR) is 72.2 cm³/mol. The molecule has 1 rings (SSSR count). The zero-order chi connectivity index (χ0) is 14.3. The average molecular weight is 265 g/mol. The normalized spacial score (nSPS) is 10.0. The smallest absolute Gasteiger partial charge is 0.354 e. The van der Waals surface area contributed by atoms with Crippen LogP contribution < -0.4 is 5.32 Å². The molecule has 19 heavy (non-hydrogen) atoms. The average Bonchev–Trinajstić information content (AvgIpc) is 2.40. The lowest BCUT2D eigenvalue weighted by Gasteiger charge is -2.18. The molecule has 0 saturated carbocycles. The fourth-order valence-electron chi connectivity index (χ4n) is 1.68. The fourth-order valence-corrected chi connectivity index (χ4v) is 1.68. The molecule has 0 aliphatic heterocycles. The maximum Gasteiger partial charge on any atom is 0.354 e. The Labute approximate surface area is 112 Å². The molecule has 0 atom stereocenters. The highest BCUT2D eigenvalue weighted by molar-refractivity contribution is 5.85. The van der Waals surface area contributed by atoms with E-state index in [4.69, 9.17) is 5.11 Å². The Morgan fingerprint density at radius 1 is 1.32 bits per heavy atom. The van der Waals surface area contributed by atoms with Gasteiger partial charge in [-0.15, -0.1) is 0 Å². The Morgan fingerprint density at radius 2 is 2.00 bits per heavy atom. The molecule has 6 heteroatoms. The van der Waals surface area contributed by atoms with Crippen LogP contribution >= 0.6 is 0 Å². The van der Waals surface area contributed by atoms with Crippen molar-refractivity contribution in [3.63, 3.8) is 0 Å². The summed E-state index contributed by atoms with van der Waals surface area (Å²) in [5.74, 6) is -0.526. The van der Waals surface area contributed by atoms with Gasteiger partial charge in [0, 0.05) is 26.1 Å². The summed E-state index contributed by atoms with van der Waals surface area (Å²) < 4.78 is 0. The largest absolute Gasteiger partial charge is 0.477 e. The third kappa shape index (κ3) is 4.57. The maximum absolute atomic E-state index is 11.7. The van der Waals surface area contributed by atoms with Crippen molar-refractivity contribution in [3.05, 3.63) is 23.9 Å². The lowest BCUT2D eigenvalue weighted by Crippen LogP contribution is -2.31. The standard InChI is InChI=1S/C13H19N3O3/c1-3-16(4-2)12(17)8-9-14-11-7-5-6-10(15-11)13(18)19/h5-7H,3-4,8-9H2,1-2H3,(H,14,15)(H,18,19). The first-order valence-electron chi connectivity index (χ1n) is 6.30. The van der Waals surface area contributed by atoms with Crippen molar-refractivity contribution in [2.75, 3.05) is 25.0 Å². The van der Waals surface area contributed by atoms with Gasteiger partial charge in [0.1, 0.15) is 5.82 Å². The van der Waals surface area contributed by atoms with Gasteiger partial charge < -0.3 is 15.3 Å². The van der Waals surface area contributed by atoms with Crippen LogP contribution in [0.4, 0.5) is 5.82 Å². The Balaban J connectivity index is 2.47. The van der Waals surface area contributed by atoms with E-state index < -0.39 is 5.97 Å². The SMILES string of the molecule is CCN(CC)C(=O)CCNc1cccc(C(=O)O)n1. The molecular formula is C13H19N3O3. The molecule has 0 aliphatic carbocycles. The van der Waals surface area contributed by atoms with E-state index in [2.05, 4.69) is 10.3 Å². The van der Waals surface area contributed by atoms with Crippen molar-refractivity contribution in [2.24, 2.45) is 0 Å². The second kappa shape index (κ2) is 7.35. The first kappa shape index (κ1) is 14.9. The molecule has 1 heterocycles. The van der Waals surface area contributed by atoms with Gasteiger partial charge in [0.05, 0.1) is 0 Å². The molecule has 6 nitrogen and oxygen atoms in total. The number of pyridine rings is 1. The van der Waals surface area contributed by atoms with E-state index in [1.54, 1.807) is 17.0 Å². The number of carboxylic acid groups (broad SMARTS) is 1. The molecule has 0 aliphatic rings. The summed E-state index contributed by atoms with van der Waals surface area (Å²) in [6.45, 7) is 5.70. The van der Waals surface area contributed by atoms with E-state index in [0.717, 1.165) is 0 Å². The minimum atomic E-state index is -1.07. The number of nitrogens with one attached hydrogen (secondary N) is 1. The zero-order valence-corrected chi connectivity index (χ0v) is 11.2. The van der Waals surface area contributed by atoms with Crippen molar-refractivity contribution in [2.45, 2.75) is 20.3 Å². The molecule has 0 saturated heterocycles. The molecule has 0 aromatic carbocycles. The van der Waals surface area contributed by atoms with Crippen molar-refractivity contribution >= 4 is 17.7 Å². The molecule has 1 aromatic rings. The molecule has 0 fully saturated rings. The van der Waals surface area contributed by atoms with E-state index >= 15 is 0 Å². The summed E-state index contributed by atoms with van der Waals surface area (Å²) >= 11 is 0. The lowest BCUT2D eigenvalue weighted by atomic mass is 10.3. The molecule has 1 amide bonds. The van der Waals surface area contributed by atoms with E-state index in [0.29, 0.717) is 31.9 Å². The molecule has 1 aromatic heterocycles. The first-order chi connectivity index (χ1) is 9.08. The van der Waals surface area contributed by atoms with Crippen molar-refractivity contribution < 1.29 is 14.7 Å². The van der Waals surface area contributed by atoms with Gasteiger partial charge in [0.15, 0.2) is 5.69 Å². The minimum absolute atomic E-state index is 0.0138. The van der Waals surface area contributed by atoms with Gasteiger partial charge in [-0.1, -0.05) is 6.07 Å². The number of carboxylic acids is 1. The fraction of sp³-hybridized carbons (Fsp3) is 0.462. The van der Waals surface area contributed by atoms with Gasteiger partial charge >= 0.3 is 5.97 Å². The number of aromatic carboxylic acids is 1. The van der Waals surface area contributed by atoms with Crippen molar-refractivity contribution in [1.82, 2.24) is 9.88 Å². The minimum Gasteiger partial charge on any atom is -0.477 e. The Kier molecular flexibility index (Phi) is 5.78. The van der Waals surface area contributed by atoms with Crippen LogP contribution in [0.3, 0.4) is 0 Å². The highest BCUT2D eigenvalue weighted by Gasteiger charge is 2.09. The number of rotatable bonds is 7. The summed E-state index contributed by atoms with van der Waals surface area (Å²) in [5.41, 5.74) is -0.0138. The zero-order valence-electron chi connectivity index (χ0n) is 11.2. The van der Waals surface area contributed by atoms with E-state index in [9.17, 15) is 9.59 Å². The van der Waals surface area contributed by atoms with Crippen LogP contribution in [0.2, 0.25) is 0 Å². The predicted octanol–water partition coefficient (Wildman–Crippen LogP) is 1.45. The Morgan fingerprint density at radius 3 is 2.58 bits per heavy atom. The van der Waals surface area contributed by atoms with Crippen LogP contribution in [-0.2, 0) is 4.79 Å². The van der Waals surface area contributed by atoms with Crippen molar-refractivity contribution in [3.8, 4) is 0 Å². The number of amides is 1. The molecular weight excluding hydrogens is 246 g/mol. The highest BCUT2D eigenvalue weighted by atomic mass is 16.4. The maximum atomic E-state index is 11.7. The summed E-state index contributed by atoms with van der Waals surface area (Å²) in [6.07, 6.45) is 0.362. The number of nitrogens with zero attached hydrogens (tertiary/aromatic N) is 2. The third-order valence-electron chi connectivity index (χ3n) is 2.73. The van der Waals surface area contributed by atoms with Gasteiger partial charge in [0.25, 0.3) is 0 Å². The van der Waals surface area contributed by atoms with Crippen LogP contribution in [0, 0.1) is 0 Å². The van der Waals surface area contributed by atoms with Crippen LogP contribution in [0.1, 0.15) is 30.8 Å². The molecule has 0 bridgehead atoms. The number of carbonyl (C=O) groups excluding carboxylic acids is 1. The summed E-state index contributed by atoms with van der Waals surface area (Å²) in [7, 11) is 0. The van der Waals surface area contributed by atoms with Gasteiger partial charge in [-0.2, -0.15) is 0 Å². The number of aromatic nitrogens is 1. The first-order valence-corrected chi connectivity index (χ1v) is 6.30. The number of carbonyl (C=O) groups is 2. The van der Waals surface area contributed by atoms with Gasteiger partial charge in [-0.05, 0) is 26.0 Å². The quantitative estimate of drug-likeness (QED) is 0.779. The van der Waals surface area contributed by atoms with E-state index in [-0.39, 0.29) is 11.6 Å². The Hall–Kier alpha value is -2.11. The molecule has 0 spiro atoms. The Bertz CT molecular complexity index is 445. The van der Waals surface area contributed by atoms with Crippen molar-refractivity contribution in [1.29, 1.82) is 0 Å². The summed E-state index contributed by atoms with van der Waals surface area (Å²) in [6, 6.07) is 4.72. The van der Waals surface area contributed by atoms with Gasteiger partial charge in [-0.25, -0.2) is 9.78 Å². The van der Waals surface area contributed by atoms with Crippen LogP contribution in [0.15, 0.2) is 18.2 Å². The number of anilines is 1. The van der Waals surface area contributed by atoms with Crippen LogP contribution in [0.25, 0.3) is 0 Å². The van der Waals surface area contributed by atoms with Gasteiger partial charge in [-0.3, -0.25) is 4.79 Å². The van der Waals surface area contributed by atoms with Crippen LogP contribution in [-0.4, -0.2) is 46.5 Å². The molecule has 0 unspecified atom stereocenters. The molecule has 2 N–H and O–H groups in total. The lowest BCUT2D eigenvalue weighted by molar-refractivity contribution is -0.130. The van der Waals surface area contributed by atoms with E-state index in [1.165, 1.54) is 6.07 Å². The number of hydrogen-bond donors (Lipinski definition) is 2. The number of hydrogen-bond acceptors (Lipinski definition) is 4. The summed E-state index contributed by atoms with van der Waals surface area (Å²) in [4.78, 5) is 28.2.